The molecule has 78 valence electrons. The second-order valence-electron chi connectivity index (χ2n) is 3.59. The van der Waals surface area contributed by atoms with Gasteiger partial charge in [0.25, 0.3) is 0 Å². The molecule has 0 aromatic heterocycles. The Balaban J connectivity index is 2.25. The lowest BCUT2D eigenvalue weighted by molar-refractivity contribution is 0.0698. The Morgan fingerprint density at radius 1 is 1.06 bits per heavy atom. The Bertz CT molecular complexity index is 573. The lowest BCUT2D eigenvalue weighted by atomic mass is 10.00. The molecule has 0 unspecified atom stereocenters. The van der Waals surface area contributed by atoms with E-state index in [0.29, 0.717) is 11.3 Å². The molecular weight excluding hydrogens is 204 g/mol. The van der Waals surface area contributed by atoms with Crippen LogP contribution in [0.3, 0.4) is 0 Å². The van der Waals surface area contributed by atoms with Crippen LogP contribution >= 0.6 is 0 Å². The van der Waals surface area contributed by atoms with Gasteiger partial charge in [-0.2, -0.15) is 0 Å². The van der Waals surface area contributed by atoms with Crippen LogP contribution in [0, 0.1) is 0 Å². The van der Waals surface area contributed by atoms with Crippen molar-refractivity contribution in [1.82, 2.24) is 0 Å². The molecule has 1 aliphatic rings. The van der Waals surface area contributed by atoms with Crippen LogP contribution in [-0.4, -0.2) is 11.1 Å². The van der Waals surface area contributed by atoms with Gasteiger partial charge in [0, 0.05) is 5.56 Å². The van der Waals surface area contributed by atoms with E-state index in [1.54, 1.807) is 12.1 Å². The van der Waals surface area contributed by atoms with Gasteiger partial charge in [0.15, 0.2) is 11.5 Å². The summed E-state index contributed by atoms with van der Waals surface area (Å²) < 4.78 is 5.25. The first-order valence-corrected chi connectivity index (χ1v) is 4.91. The van der Waals surface area contributed by atoms with Crippen molar-refractivity contribution in [3.8, 4) is 22.6 Å². The number of carboxylic acid groups (broad SMARTS) is 1. The molecule has 0 spiro atoms. The standard InChI is InChI=1S/C13H8O3/c14-13(15)9-6-7-10-12(16-10)11(9)8-4-2-1-3-5-8/h1-7H,(H,14,15). The third-order valence-electron chi connectivity index (χ3n) is 2.58. The molecule has 0 atom stereocenters. The first kappa shape index (κ1) is 8.97. The first-order valence-electron chi connectivity index (χ1n) is 4.91. The largest absolute Gasteiger partial charge is 0.478 e. The predicted molar refractivity (Wildman–Crippen MR) is 58.9 cm³/mol. The SMILES string of the molecule is O=C(O)c1ccc2c(c1-c1ccccc1)O2. The van der Waals surface area contributed by atoms with E-state index in [1.807, 2.05) is 30.3 Å². The Hall–Kier alpha value is -2.29. The van der Waals surface area contributed by atoms with Crippen molar-refractivity contribution < 1.29 is 14.6 Å². The van der Waals surface area contributed by atoms with Crippen LogP contribution < -0.4 is 4.74 Å². The van der Waals surface area contributed by atoms with Gasteiger partial charge in [-0.3, -0.25) is 0 Å². The number of rotatable bonds is 2. The molecule has 0 saturated carbocycles. The molecule has 0 aliphatic carbocycles. The lowest BCUT2D eigenvalue weighted by Crippen LogP contribution is -1.97. The van der Waals surface area contributed by atoms with Crippen molar-refractivity contribution in [2.75, 3.05) is 0 Å². The van der Waals surface area contributed by atoms with E-state index in [4.69, 9.17) is 9.84 Å². The maximum atomic E-state index is 11.1. The number of hydrogen-bond donors (Lipinski definition) is 1. The van der Waals surface area contributed by atoms with E-state index in [-0.39, 0.29) is 5.56 Å². The van der Waals surface area contributed by atoms with Gasteiger partial charge in [0.05, 0.1) is 5.56 Å². The lowest BCUT2D eigenvalue weighted by Gasteiger charge is -2.02. The molecule has 0 saturated heterocycles. The number of carboxylic acids is 1. The van der Waals surface area contributed by atoms with E-state index in [0.717, 1.165) is 11.3 Å². The third kappa shape index (κ3) is 1.26. The summed E-state index contributed by atoms with van der Waals surface area (Å²) in [6.45, 7) is 0. The molecule has 1 aliphatic heterocycles. The van der Waals surface area contributed by atoms with Crippen LogP contribution in [0.5, 0.6) is 11.5 Å². The summed E-state index contributed by atoms with van der Waals surface area (Å²) in [5, 5.41) is 9.12. The molecule has 3 nitrogen and oxygen atoms in total. The molecule has 2 aromatic carbocycles. The Morgan fingerprint density at radius 3 is 2.50 bits per heavy atom. The zero-order chi connectivity index (χ0) is 11.1. The summed E-state index contributed by atoms with van der Waals surface area (Å²) >= 11 is 0. The fourth-order valence-corrected chi connectivity index (χ4v) is 1.80. The van der Waals surface area contributed by atoms with E-state index in [2.05, 4.69) is 0 Å². The van der Waals surface area contributed by atoms with Crippen LogP contribution in [0.25, 0.3) is 11.1 Å². The minimum absolute atomic E-state index is 0.280. The van der Waals surface area contributed by atoms with E-state index in [9.17, 15) is 4.79 Å². The number of ether oxygens (including phenoxy) is 1. The fraction of sp³-hybridized carbons (Fsp3) is 0. The highest BCUT2D eigenvalue weighted by Crippen LogP contribution is 2.53. The molecule has 16 heavy (non-hydrogen) atoms. The number of hydrogen-bond acceptors (Lipinski definition) is 2. The molecular formula is C13H8O3. The second kappa shape index (κ2) is 3.10. The van der Waals surface area contributed by atoms with Crippen LogP contribution in [0.2, 0.25) is 0 Å². The molecule has 1 N–H and O–H groups in total. The topological polar surface area (TPSA) is 49.8 Å². The summed E-state index contributed by atoms with van der Waals surface area (Å²) in [7, 11) is 0. The van der Waals surface area contributed by atoms with E-state index in [1.165, 1.54) is 0 Å². The Kier molecular flexibility index (Phi) is 1.74. The molecule has 0 amide bonds. The summed E-state index contributed by atoms with van der Waals surface area (Å²) in [5.74, 6) is 0.520. The molecule has 2 aromatic rings. The van der Waals surface area contributed by atoms with Crippen LogP contribution in [-0.2, 0) is 0 Å². The Morgan fingerprint density at radius 2 is 1.81 bits per heavy atom. The summed E-state index contributed by atoms with van der Waals surface area (Å²) in [6.07, 6.45) is 0. The van der Waals surface area contributed by atoms with Crippen molar-refractivity contribution in [2.45, 2.75) is 0 Å². The van der Waals surface area contributed by atoms with Gasteiger partial charge < -0.3 is 9.84 Å². The third-order valence-corrected chi connectivity index (χ3v) is 2.58. The summed E-state index contributed by atoms with van der Waals surface area (Å²) in [6, 6.07) is 12.7. The number of carbonyl (C=O) groups is 1. The van der Waals surface area contributed by atoms with Crippen LogP contribution in [0.15, 0.2) is 42.5 Å². The van der Waals surface area contributed by atoms with Crippen molar-refractivity contribution in [3.05, 3.63) is 48.0 Å². The van der Waals surface area contributed by atoms with Crippen LogP contribution in [0.4, 0.5) is 0 Å². The van der Waals surface area contributed by atoms with Gasteiger partial charge in [0.2, 0.25) is 0 Å². The Labute approximate surface area is 91.9 Å². The van der Waals surface area contributed by atoms with Gasteiger partial charge in [-0.15, -0.1) is 0 Å². The number of benzene rings is 2. The zero-order valence-corrected chi connectivity index (χ0v) is 8.31. The highest BCUT2D eigenvalue weighted by atomic mass is 16.6. The molecule has 0 bridgehead atoms. The van der Waals surface area contributed by atoms with Gasteiger partial charge in [0.1, 0.15) is 0 Å². The van der Waals surface area contributed by atoms with Crippen molar-refractivity contribution in [2.24, 2.45) is 0 Å². The normalized spacial score (nSPS) is 11.5. The molecule has 0 fully saturated rings. The maximum absolute atomic E-state index is 11.1. The first-order chi connectivity index (χ1) is 7.77. The molecule has 0 radical (unpaired) electrons. The zero-order valence-electron chi connectivity index (χ0n) is 8.31. The fourth-order valence-electron chi connectivity index (χ4n) is 1.80. The average Bonchev–Trinajstić information content (AvgIpc) is 3.07. The van der Waals surface area contributed by atoms with Crippen molar-refractivity contribution in [1.29, 1.82) is 0 Å². The average molecular weight is 212 g/mol. The minimum atomic E-state index is -0.933. The van der Waals surface area contributed by atoms with Crippen molar-refractivity contribution in [3.63, 3.8) is 0 Å². The molecule has 1 heterocycles. The van der Waals surface area contributed by atoms with Gasteiger partial charge >= 0.3 is 5.97 Å². The highest BCUT2D eigenvalue weighted by Gasteiger charge is 2.29. The summed E-state index contributed by atoms with van der Waals surface area (Å²) in [4.78, 5) is 11.1. The predicted octanol–water partition coefficient (Wildman–Crippen LogP) is 3.16. The summed E-state index contributed by atoms with van der Waals surface area (Å²) in [5.41, 5.74) is 1.82. The van der Waals surface area contributed by atoms with Gasteiger partial charge in [-0.25, -0.2) is 4.79 Å². The highest BCUT2D eigenvalue weighted by molar-refractivity contribution is 6.00. The number of aromatic carboxylic acids is 1. The van der Waals surface area contributed by atoms with Gasteiger partial charge in [-0.1, -0.05) is 30.3 Å². The number of fused-ring (bicyclic) bond motifs is 1. The second-order valence-corrected chi connectivity index (χ2v) is 3.59. The molecule has 3 rings (SSSR count). The van der Waals surface area contributed by atoms with Gasteiger partial charge in [-0.05, 0) is 17.7 Å². The smallest absolute Gasteiger partial charge is 0.336 e. The van der Waals surface area contributed by atoms with Crippen LogP contribution in [0.1, 0.15) is 10.4 Å². The quantitative estimate of drug-likeness (QED) is 0.664. The minimum Gasteiger partial charge on any atom is -0.478 e. The van der Waals surface area contributed by atoms with E-state index < -0.39 is 5.97 Å². The van der Waals surface area contributed by atoms with Crippen molar-refractivity contribution >= 4 is 5.97 Å². The maximum Gasteiger partial charge on any atom is 0.336 e. The van der Waals surface area contributed by atoms with E-state index >= 15 is 0 Å². The monoisotopic (exact) mass is 212 g/mol. The molecule has 3 heteroatoms.